The number of nitrogens with one attached hydrogen (secondary N) is 3. The second-order valence-corrected chi connectivity index (χ2v) is 11.3. The van der Waals surface area contributed by atoms with Crippen molar-refractivity contribution in [2.75, 3.05) is 6.54 Å². The molecule has 4 heterocycles. The van der Waals surface area contributed by atoms with Gasteiger partial charge in [-0.05, 0) is 86.1 Å². The molecule has 40 heavy (non-hydrogen) atoms. The SMILES string of the molecule is C=CC1=C(C)C(=O)NC1/C=c1/[nH]/c(=C/C2NC3C(=C2C)C(=O)CC3C2=NCC(C)=C2CCC(=O)O)c(CC)c1C. The van der Waals surface area contributed by atoms with Crippen LogP contribution in [0, 0.1) is 12.8 Å². The third-order valence-corrected chi connectivity index (χ3v) is 9.01. The van der Waals surface area contributed by atoms with Crippen LogP contribution in [0.15, 0.2) is 51.1 Å². The number of hydrogen-bond donors (Lipinski definition) is 4. The van der Waals surface area contributed by atoms with Gasteiger partial charge in [0, 0.05) is 58.4 Å². The van der Waals surface area contributed by atoms with E-state index in [1.165, 1.54) is 5.56 Å². The fraction of sp³-hybridized carbons (Fsp3) is 0.438. The van der Waals surface area contributed by atoms with E-state index in [9.17, 15) is 19.5 Å². The summed E-state index contributed by atoms with van der Waals surface area (Å²) in [6.07, 6.45) is 7.68. The lowest BCUT2D eigenvalue weighted by Gasteiger charge is -2.21. The van der Waals surface area contributed by atoms with E-state index in [0.717, 1.165) is 56.3 Å². The number of carboxylic acid groups (broad SMARTS) is 1. The Hall–Kier alpha value is -3.78. The number of aliphatic carboxylic acids is 1. The molecule has 1 aromatic heterocycles. The summed E-state index contributed by atoms with van der Waals surface area (Å²) in [4.78, 5) is 45.1. The molecule has 1 aromatic rings. The van der Waals surface area contributed by atoms with Crippen LogP contribution in [0.25, 0.3) is 12.2 Å². The number of nitrogens with zero attached hydrogens (tertiary/aromatic N) is 1. The number of amides is 1. The fourth-order valence-electron chi connectivity index (χ4n) is 6.79. The van der Waals surface area contributed by atoms with Gasteiger partial charge in [0.15, 0.2) is 5.78 Å². The lowest BCUT2D eigenvalue weighted by atomic mass is 9.89. The van der Waals surface area contributed by atoms with Crippen molar-refractivity contribution in [3.05, 3.63) is 67.9 Å². The molecule has 0 bridgehead atoms. The highest BCUT2D eigenvalue weighted by molar-refractivity contribution is 6.12. The van der Waals surface area contributed by atoms with Gasteiger partial charge in [0.2, 0.25) is 5.91 Å². The van der Waals surface area contributed by atoms with E-state index in [-0.39, 0.29) is 42.2 Å². The zero-order valence-electron chi connectivity index (χ0n) is 23.9. The van der Waals surface area contributed by atoms with E-state index < -0.39 is 5.97 Å². The number of ketones is 1. The first-order chi connectivity index (χ1) is 19.0. The summed E-state index contributed by atoms with van der Waals surface area (Å²) >= 11 is 0. The molecule has 1 amide bonds. The maximum atomic E-state index is 13.2. The van der Waals surface area contributed by atoms with Gasteiger partial charge in [-0.25, -0.2) is 0 Å². The van der Waals surface area contributed by atoms with Gasteiger partial charge in [0.1, 0.15) is 0 Å². The molecule has 0 aromatic carbocycles. The maximum Gasteiger partial charge on any atom is 0.303 e. The highest BCUT2D eigenvalue weighted by Crippen LogP contribution is 2.40. The van der Waals surface area contributed by atoms with E-state index in [2.05, 4.69) is 42.1 Å². The number of allylic oxidation sites excluding steroid dienone is 1. The van der Waals surface area contributed by atoms with Gasteiger partial charge < -0.3 is 15.4 Å². The minimum absolute atomic E-state index is 0.0576. The highest BCUT2D eigenvalue weighted by Gasteiger charge is 2.47. The summed E-state index contributed by atoms with van der Waals surface area (Å²) < 4.78 is 0. The van der Waals surface area contributed by atoms with Crippen LogP contribution in [0.5, 0.6) is 0 Å². The third kappa shape index (κ3) is 4.64. The number of carbonyl (C=O) groups is 3. The number of aromatic amines is 1. The first-order valence-electron chi connectivity index (χ1n) is 14.1. The molecule has 4 atom stereocenters. The van der Waals surface area contributed by atoms with E-state index in [1.807, 2.05) is 26.8 Å². The van der Waals surface area contributed by atoms with Crippen molar-refractivity contribution < 1.29 is 19.5 Å². The molecular weight excluding hydrogens is 504 g/mol. The summed E-state index contributed by atoms with van der Waals surface area (Å²) in [5, 5.41) is 17.9. The molecule has 3 aliphatic heterocycles. The first kappa shape index (κ1) is 27.8. The highest BCUT2D eigenvalue weighted by atomic mass is 16.4. The molecule has 8 heteroatoms. The number of carboxylic acids is 1. The van der Waals surface area contributed by atoms with Crippen molar-refractivity contribution >= 4 is 35.5 Å². The van der Waals surface area contributed by atoms with Crippen LogP contribution in [-0.4, -0.2) is 58.1 Å². The van der Waals surface area contributed by atoms with E-state index in [1.54, 1.807) is 6.08 Å². The molecule has 4 aliphatic rings. The molecule has 5 rings (SSSR count). The zero-order chi connectivity index (χ0) is 28.9. The van der Waals surface area contributed by atoms with Gasteiger partial charge in [0.25, 0.3) is 0 Å². The minimum Gasteiger partial charge on any atom is -0.481 e. The number of aliphatic imine (C=N–C) groups is 1. The molecule has 0 radical (unpaired) electrons. The van der Waals surface area contributed by atoms with Crippen molar-refractivity contribution in [1.29, 1.82) is 0 Å². The maximum absolute atomic E-state index is 13.2. The molecule has 1 aliphatic carbocycles. The predicted molar refractivity (Wildman–Crippen MR) is 156 cm³/mol. The topological polar surface area (TPSA) is 124 Å². The van der Waals surface area contributed by atoms with E-state index in [4.69, 9.17) is 4.99 Å². The van der Waals surface area contributed by atoms with Crippen molar-refractivity contribution in [3.8, 4) is 0 Å². The Morgan fingerprint density at radius 1 is 1.12 bits per heavy atom. The second kappa shape index (κ2) is 10.7. The molecule has 210 valence electrons. The minimum atomic E-state index is -0.828. The summed E-state index contributed by atoms with van der Waals surface area (Å²) in [6, 6.07) is -0.484. The number of Topliss-reactive ketones (excluding diaryl/α,β-unsaturated/α-hetero) is 1. The molecule has 0 saturated heterocycles. The predicted octanol–water partition coefficient (Wildman–Crippen LogP) is 2.33. The Morgan fingerprint density at radius 3 is 2.52 bits per heavy atom. The van der Waals surface area contributed by atoms with Crippen molar-refractivity contribution in [3.63, 3.8) is 0 Å². The van der Waals surface area contributed by atoms with Crippen LogP contribution >= 0.6 is 0 Å². The summed E-state index contributed by atoms with van der Waals surface area (Å²) in [5.41, 5.74) is 8.78. The Labute approximate surface area is 234 Å². The average Bonchev–Trinajstić information content (AvgIpc) is 3.66. The molecule has 1 saturated carbocycles. The van der Waals surface area contributed by atoms with Crippen LogP contribution in [0.1, 0.15) is 58.1 Å². The van der Waals surface area contributed by atoms with Gasteiger partial charge in [-0.3, -0.25) is 24.7 Å². The van der Waals surface area contributed by atoms with Crippen LogP contribution < -0.4 is 21.3 Å². The summed E-state index contributed by atoms with van der Waals surface area (Å²) in [6.45, 7) is 14.5. The second-order valence-electron chi connectivity index (χ2n) is 11.3. The summed E-state index contributed by atoms with van der Waals surface area (Å²) in [5.74, 6) is -0.848. The van der Waals surface area contributed by atoms with Crippen LogP contribution in [0.4, 0.5) is 0 Å². The van der Waals surface area contributed by atoms with Gasteiger partial charge in [-0.1, -0.05) is 19.6 Å². The van der Waals surface area contributed by atoms with Gasteiger partial charge >= 0.3 is 5.97 Å². The van der Waals surface area contributed by atoms with Crippen LogP contribution in [0.2, 0.25) is 0 Å². The zero-order valence-corrected chi connectivity index (χ0v) is 23.9. The van der Waals surface area contributed by atoms with Gasteiger partial charge in [-0.15, -0.1) is 0 Å². The number of H-pyrrole nitrogens is 1. The van der Waals surface area contributed by atoms with E-state index >= 15 is 0 Å². The number of aromatic nitrogens is 1. The smallest absolute Gasteiger partial charge is 0.303 e. The van der Waals surface area contributed by atoms with Gasteiger partial charge in [0.05, 0.1) is 12.6 Å². The number of rotatable bonds is 8. The number of carbonyl (C=O) groups excluding carboxylic acids is 2. The normalized spacial score (nSPS) is 27.4. The Morgan fingerprint density at radius 2 is 1.85 bits per heavy atom. The van der Waals surface area contributed by atoms with Gasteiger partial charge in [-0.2, -0.15) is 0 Å². The van der Waals surface area contributed by atoms with Crippen molar-refractivity contribution in [2.45, 2.75) is 78.4 Å². The summed E-state index contributed by atoms with van der Waals surface area (Å²) in [7, 11) is 0. The molecule has 1 fully saturated rings. The molecule has 4 unspecified atom stereocenters. The van der Waals surface area contributed by atoms with Crippen LogP contribution in [-0.2, 0) is 20.8 Å². The fourth-order valence-corrected chi connectivity index (χ4v) is 6.79. The number of hydrogen-bond acceptors (Lipinski definition) is 5. The lowest BCUT2D eigenvalue weighted by molar-refractivity contribution is -0.137. The molecular formula is C32H38N4O4. The lowest BCUT2D eigenvalue weighted by Crippen LogP contribution is -2.39. The Bertz CT molecular complexity index is 1580. The largest absolute Gasteiger partial charge is 0.481 e. The van der Waals surface area contributed by atoms with Crippen molar-refractivity contribution in [1.82, 2.24) is 15.6 Å². The Balaban J connectivity index is 1.47. The third-order valence-electron chi connectivity index (χ3n) is 9.01. The molecule has 8 nitrogen and oxygen atoms in total. The molecule has 4 N–H and O–H groups in total. The quantitative estimate of drug-likeness (QED) is 0.402. The van der Waals surface area contributed by atoms with Crippen LogP contribution in [0.3, 0.4) is 0 Å². The first-order valence-corrected chi connectivity index (χ1v) is 14.1. The molecule has 0 spiro atoms. The Kier molecular flexibility index (Phi) is 7.40. The van der Waals surface area contributed by atoms with Crippen molar-refractivity contribution in [2.24, 2.45) is 10.9 Å². The monoisotopic (exact) mass is 542 g/mol. The standard InChI is InChI=1S/C32H38N4O4/c1-7-19-16(4)23(12-26-20(8-2)17(5)32(40)36-26)34-25(19)13-24-18(6)29-27(37)11-22(31(29)35-24)30-21(9-10-28(38)39)15(3)14-33-30/h8,12-13,22,24,26,31,34-35H,2,7,9-11,14H2,1,3-6H3,(H,36,40)(H,38,39)/b23-12+,25-13+. The van der Waals surface area contributed by atoms with E-state index in [0.29, 0.717) is 25.0 Å². The average molecular weight is 543 g/mol. The number of fused-ring (bicyclic) bond motifs is 1.